The molecule has 0 saturated carbocycles. The first-order valence-electron chi connectivity index (χ1n) is 13.2. The van der Waals surface area contributed by atoms with E-state index in [9.17, 15) is 0 Å². The molecule has 0 spiro atoms. The van der Waals surface area contributed by atoms with E-state index in [4.69, 9.17) is 14.4 Å². The van der Waals surface area contributed by atoms with E-state index in [1.54, 1.807) is 0 Å². The Hall–Kier alpha value is -5.28. The molecule has 3 nitrogen and oxygen atoms in total. The van der Waals surface area contributed by atoms with Crippen molar-refractivity contribution in [1.29, 1.82) is 0 Å². The van der Waals surface area contributed by atoms with Gasteiger partial charge in [-0.15, -0.1) is 0 Å². The molecule has 180 valence electrons. The average Bonchev–Trinajstić information content (AvgIpc) is 3.38. The lowest BCUT2D eigenvalue weighted by Gasteiger charge is -2.15. The Bertz CT molecular complexity index is 2390. The zero-order valence-electron chi connectivity index (χ0n) is 20.8. The van der Waals surface area contributed by atoms with Crippen molar-refractivity contribution in [1.82, 2.24) is 9.97 Å². The maximum atomic E-state index is 6.53. The zero-order chi connectivity index (χ0) is 25.5. The number of rotatable bonds is 2. The predicted octanol–water partition coefficient (Wildman–Crippen LogP) is 9.76. The zero-order valence-corrected chi connectivity index (χ0v) is 20.8. The molecule has 3 heteroatoms. The van der Waals surface area contributed by atoms with Crippen molar-refractivity contribution < 1.29 is 4.42 Å². The van der Waals surface area contributed by atoms with Gasteiger partial charge >= 0.3 is 0 Å². The molecular weight excluding hydrogens is 476 g/mol. The van der Waals surface area contributed by atoms with E-state index >= 15 is 0 Å². The largest absolute Gasteiger partial charge is 0.456 e. The molecule has 0 saturated heterocycles. The van der Waals surface area contributed by atoms with Gasteiger partial charge in [0, 0.05) is 27.3 Å². The van der Waals surface area contributed by atoms with Crippen molar-refractivity contribution in [3.63, 3.8) is 0 Å². The summed E-state index contributed by atoms with van der Waals surface area (Å²) in [6, 6.07) is 42.2. The molecule has 0 aliphatic heterocycles. The minimum absolute atomic E-state index is 0.873. The summed E-state index contributed by atoms with van der Waals surface area (Å²) in [7, 11) is 0. The summed E-state index contributed by atoms with van der Waals surface area (Å²) >= 11 is 0. The summed E-state index contributed by atoms with van der Waals surface area (Å²) in [5.41, 5.74) is 7.43. The third-order valence-electron chi connectivity index (χ3n) is 8.00. The number of hydrogen-bond acceptors (Lipinski definition) is 3. The van der Waals surface area contributed by atoms with Gasteiger partial charge < -0.3 is 4.42 Å². The molecule has 0 fully saturated rings. The van der Waals surface area contributed by atoms with Crippen LogP contribution in [0.3, 0.4) is 0 Å². The highest BCUT2D eigenvalue weighted by molar-refractivity contribution is 6.38. The lowest BCUT2D eigenvalue weighted by molar-refractivity contribution is 0.670. The molecular formula is C36H20N2O. The summed E-state index contributed by atoms with van der Waals surface area (Å²) in [6.07, 6.45) is 0. The number of benzene rings is 7. The van der Waals surface area contributed by atoms with E-state index in [0.717, 1.165) is 50.1 Å². The van der Waals surface area contributed by atoms with Crippen LogP contribution in [0.15, 0.2) is 126 Å². The van der Waals surface area contributed by atoms with Gasteiger partial charge in [-0.05, 0) is 51.2 Å². The van der Waals surface area contributed by atoms with Crippen LogP contribution in [-0.4, -0.2) is 9.97 Å². The fourth-order valence-electron chi connectivity index (χ4n) is 6.35. The Balaban J connectivity index is 1.48. The lowest BCUT2D eigenvalue weighted by atomic mass is 9.89. The van der Waals surface area contributed by atoms with Crippen molar-refractivity contribution in [2.75, 3.05) is 0 Å². The SMILES string of the molecule is c1ccc(-c2nc3ccccc3nc2-c2cccc3c2cc2oc4cccc5c6ccccc6c3c2c45)cc1. The van der Waals surface area contributed by atoms with Crippen LogP contribution < -0.4 is 0 Å². The smallest absolute Gasteiger partial charge is 0.136 e. The van der Waals surface area contributed by atoms with Crippen LogP contribution >= 0.6 is 0 Å². The van der Waals surface area contributed by atoms with Gasteiger partial charge in [-0.2, -0.15) is 0 Å². The van der Waals surface area contributed by atoms with Crippen LogP contribution in [0.25, 0.3) is 87.8 Å². The Labute approximate surface area is 223 Å². The van der Waals surface area contributed by atoms with Crippen molar-refractivity contribution in [3.05, 3.63) is 121 Å². The number of nitrogens with zero attached hydrogens (tertiary/aromatic N) is 2. The van der Waals surface area contributed by atoms with Gasteiger partial charge in [0.05, 0.1) is 22.4 Å². The molecule has 7 aromatic carbocycles. The van der Waals surface area contributed by atoms with Crippen LogP contribution in [-0.2, 0) is 0 Å². The number of fused-ring (bicyclic) bond motifs is 6. The maximum absolute atomic E-state index is 6.53. The van der Waals surface area contributed by atoms with Gasteiger partial charge in [-0.25, -0.2) is 9.97 Å². The highest BCUT2D eigenvalue weighted by atomic mass is 16.3. The summed E-state index contributed by atoms with van der Waals surface area (Å²) in [4.78, 5) is 10.3. The molecule has 0 bridgehead atoms. The molecule has 0 radical (unpaired) electrons. The second kappa shape index (κ2) is 7.62. The number of aromatic nitrogens is 2. The molecule has 0 aliphatic carbocycles. The topological polar surface area (TPSA) is 38.9 Å². The Morgan fingerprint density at radius 2 is 1.03 bits per heavy atom. The highest BCUT2D eigenvalue weighted by Gasteiger charge is 2.22. The molecule has 9 aromatic rings. The number of furan rings is 1. The predicted molar refractivity (Wildman–Crippen MR) is 161 cm³/mol. The second-order valence-corrected chi connectivity index (χ2v) is 10.1. The molecule has 39 heavy (non-hydrogen) atoms. The summed E-state index contributed by atoms with van der Waals surface area (Å²) in [5.74, 6) is 0. The van der Waals surface area contributed by atoms with Gasteiger partial charge in [-0.1, -0.05) is 97.1 Å². The van der Waals surface area contributed by atoms with Gasteiger partial charge in [-0.3, -0.25) is 0 Å². The van der Waals surface area contributed by atoms with Crippen LogP contribution in [0.4, 0.5) is 0 Å². The van der Waals surface area contributed by atoms with Crippen molar-refractivity contribution in [3.8, 4) is 22.5 Å². The third kappa shape index (κ3) is 2.82. The first-order chi connectivity index (χ1) is 19.3. The molecule has 2 heterocycles. The van der Waals surface area contributed by atoms with Crippen molar-refractivity contribution in [2.24, 2.45) is 0 Å². The normalized spacial score (nSPS) is 12.1. The molecule has 0 amide bonds. The average molecular weight is 497 g/mol. The van der Waals surface area contributed by atoms with Crippen molar-refractivity contribution >= 4 is 65.3 Å². The Kier molecular flexibility index (Phi) is 4.05. The van der Waals surface area contributed by atoms with E-state index in [1.165, 1.54) is 37.7 Å². The van der Waals surface area contributed by atoms with Gasteiger partial charge in [0.15, 0.2) is 0 Å². The molecule has 0 aliphatic rings. The maximum Gasteiger partial charge on any atom is 0.136 e. The van der Waals surface area contributed by atoms with E-state index in [0.29, 0.717) is 0 Å². The first-order valence-corrected chi connectivity index (χ1v) is 13.2. The Morgan fingerprint density at radius 3 is 1.85 bits per heavy atom. The van der Waals surface area contributed by atoms with E-state index in [1.807, 2.05) is 30.3 Å². The Morgan fingerprint density at radius 1 is 0.410 bits per heavy atom. The summed E-state index contributed by atoms with van der Waals surface area (Å²) in [5, 5.41) is 9.63. The van der Waals surface area contributed by atoms with E-state index in [2.05, 4.69) is 91.0 Å². The molecule has 2 aromatic heterocycles. The molecule has 0 unspecified atom stereocenters. The number of hydrogen-bond donors (Lipinski definition) is 0. The van der Waals surface area contributed by atoms with E-state index < -0.39 is 0 Å². The quantitative estimate of drug-likeness (QED) is 0.224. The molecule has 0 atom stereocenters. The molecule has 0 N–H and O–H groups in total. The van der Waals surface area contributed by atoms with Gasteiger partial charge in [0.1, 0.15) is 11.2 Å². The third-order valence-corrected chi connectivity index (χ3v) is 8.00. The van der Waals surface area contributed by atoms with Crippen LogP contribution in [0.5, 0.6) is 0 Å². The van der Waals surface area contributed by atoms with Gasteiger partial charge in [0.2, 0.25) is 0 Å². The van der Waals surface area contributed by atoms with Crippen LogP contribution in [0.1, 0.15) is 0 Å². The highest BCUT2D eigenvalue weighted by Crippen LogP contribution is 2.47. The van der Waals surface area contributed by atoms with Crippen molar-refractivity contribution in [2.45, 2.75) is 0 Å². The first kappa shape index (κ1) is 20.7. The standard InChI is InChI=1S/C36H20N2O/c1-2-10-21(11-3-1)35-36(38-29-18-7-6-17-28(29)37-35)26-16-8-14-25-27(26)20-31-34-32(25)23-13-5-4-12-22(23)24-15-9-19-30(39-31)33(24)34/h1-20H. The summed E-state index contributed by atoms with van der Waals surface area (Å²) in [6.45, 7) is 0. The van der Waals surface area contributed by atoms with E-state index in [-0.39, 0.29) is 0 Å². The number of para-hydroxylation sites is 2. The minimum atomic E-state index is 0.873. The fourth-order valence-corrected chi connectivity index (χ4v) is 6.35. The lowest BCUT2D eigenvalue weighted by Crippen LogP contribution is -1.96. The molecule has 9 rings (SSSR count). The van der Waals surface area contributed by atoms with Crippen LogP contribution in [0.2, 0.25) is 0 Å². The van der Waals surface area contributed by atoms with Crippen LogP contribution in [0, 0.1) is 0 Å². The minimum Gasteiger partial charge on any atom is -0.456 e. The second-order valence-electron chi connectivity index (χ2n) is 10.1. The van der Waals surface area contributed by atoms with Gasteiger partial charge in [0.25, 0.3) is 0 Å². The summed E-state index contributed by atoms with van der Waals surface area (Å²) < 4.78 is 6.53. The monoisotopic (exact) mass is 496 g/mol. The fraction of sp³-hybridized carbons (Fsp3) is 0.